The summed E-state index contributed by atoms with van der Waals surface area (Å²) in [6, 6.07) is 1.83. The number of carboxylic acids is 1. The number of aliphatic carboxylic acids is 1. The normalized spacial score (nSPS) is 13.1. The zero-order valence-corrected chi connectivity index (χ0v) is 13.8. The molecule has 6 heteroatoms. The molecule has 0 aromatic carbocycles. The maximum Gasteiger partial charge on any atom is 1.00 e. The van der Waals surface area contributed by atoms with Crippen LogP contribution >= 0.6 is 0 Å². The van der Waals surface area contributed by atoms with E-state index in [4.69, 9.17) is 5.26 Å². The van der Waals surface area contributed by atoms with Crippen molar-refractivity contribution in [3.05, 3.63) is 0 Å². The molecule has 2 atom stereocenters. The van der Waals surface area contributed by atoms with Crippen molar-refractivity contribution in [2.24, 2.45) is 17.8 Å². The minimum atomic E-state index is -1.55. The van der Waals surface area contributed by atoms with Crippen LogP contribution < -0.4 is 56.5 Å². The second-order valence-electron chi connectivity index (χ2n) is 3.91. The van der Waals surface area contributed by atoms with Crippen molar-refractivity contribution >= 4 is 11.9 Å². The van der Waals surface area contributed by atoms with Gasteiger partial charge in [0.25, 0.3) is 0 Å². The van der Waals surface area contributed by atoms with Crippen LogP contribution in [0.1, 0.15) is 27.2 Å². The third kappa shape index (κ3) is 7.16. The van der Waals surface area contributed by atoms with Gasteiger partial charge < -0.3 is 14.6 Å². The Morgan fingerprint density at radius 2 is 1.94 bits per heavy atom. The molecule has 0 saturated carbocycles. The van der Waals surface area contributed by atoms with Gasteiger partial charge in [-0.15, -0.1) is 0 Å². The third-order valence-electron chi connectivity index (χ3n) is 2.09. The number of carbonyl (C=O) groups is 2. The molecule has 5 nitrogen and oxygen atoms in total. The minimum absolute atomic E-state index is 0. The average molecular weight is 265 g/mol. The number of carbonyl (C=O) groups excluding carboxylic acids is 2. The first-order valence-corrected chi connectivity index (χ1v) is 5.21. The Morgan fingerprint density at radius 1 is 1.41 bits per heavy atom. The molecule has 0 aromatic heterocycles. The SMILES string of the molecule is CCOC(=O)[C@H](C(=O)[O-])C(C#N)CC(C)C.[K+]. The van der Waals surface area contributed by atoms with Crippen LogP contribution in [0.25, 0.3) is 0 Å². The second-order valence-corrected chi connectivity index (χ2v) is 3.91. The quantitative estimate of drug-likeness (QED) is 0.292. The summed E-state index contributed by atoms with van der Waals surface area (Å²) in [5.74, 6) is -4.71. The largest absolute Gasteiger partial charge is 1.00 e. The first-order valence-electron chi connectivity index (χ1n) is 5.21. The Hall–Kier alpha value is 0.0664. The molecule has 0 N–H and O–H groups in total. The van der Waals surface area contributed by atoms with Gasteiger partial charge >= 0.3 is 57.4 Å². The van der Waals surface area contributed by atoms with E-state index in [2.05, 4.69) is 4.74 Å². The molecule has 0 radical (unpaired) electrons. The van der Waals surface area contributed by atoms with Gasteiger partial charge in [-0.05, 0) is 19.3 Å². The Balaban J connectivity index is 0. The van der Waals surface area contributed by atoms with E-state index in [1.54, 1.807) is 6.92 Å². The Labute approximate surface area is 144 Å². The van der Waals surface area contributed by atoms with Gasteiger partial charge in [-0.25, -0.2) is 0 Å². The average Bonchev–Trinajstić information content (AvgIpc) is 2.15. The number of nitrogens with zero attached hydrogens (tertiary/aromatic N) is 1. The van der Waals surface area contributed by atoms with E-state index in [0.29, 0.717) is 6.42 Å². The summed E-state index contributed by atoms with van der Waals surface area (Å²) in [7, 11) is 0. The van der Waals surface area contributed by atoms with Crippen molar-refractivity contribution in [2.75, 3.05) is 6.61 Å². The zero-order valence-electron chi connectivity index (χ0n) is 10.7. The summed E-state index contributed by atoms with van der Waals surface area (Å²) in [6.07, 6.45) is 0.327. The minimum Gasteiger partial charge on any atom is -0.549 e. The summed E-state index contributed by atoms with van der Waals surface area (Å²) in [6.45, 7) is 5.36. The van der Waals surface area contributed by atoms with Crippen molar-refractivity contribution in [1.29, 1.82) is 5.26 Å². The van der Waals surface area contributed by atoms with E-state index >= 15 is 0 Å². The molecule has 0 rings (SSSR count). The van der Waals surface area contributed by atoms with Crippen LogP contribution in [0, 0.1) is 29.1 Å². The molecule has 0 aromatic rings. The molecular weight excluding hydrogens is 249 g/mol. The number of nitriles is 1. The molecular formula is C11H16KNO4. The molecule has 0 aliphatic rings. The number of ether oxygens (including phenoxy) is 1. The van der Waals surface area contributed by atoms with Crippen molar-refractivity contribution in [3.63, 3.8) is 0 Å². The van der Waals surface area contributed by atoms with Gasteiger partial charge in [0.15, 0.2) is 0 Å². The second kappa shape index (κ2) is 10.0. The van der Waals surface area contributed by atoms with Crippen molar-refractivity contribution in [3.8, 4) is 6.07 Å². The molecule has 0 fully saturated rings. The number of rotatable bonds is 6. The van der Waals surface area contributed by atoms with Gasteiger partial charge in [0.05, 0.1) is 24.6 Å². The van der Waals surface area contributed by atoms with Gasteiger partial charge in [0.2, 0.25) is 0 Å². The van der Waals surface area contributed by atoms with Gasteiger partial charge in [-0.3, -0.25) is 4.79 Å². The van der Waals surface area contributed by atoms with Crippen LogP contribution in [0.2, 0.25) is 0 Å². The van der Waals surface area contributed by atoms with Crippen LogP contribution in [0.3, 0.4) is 0 Å². The van der Waals surface area contributed by atoms with Crippen molar-refractivity contribution < 1.29 is 70.8 Å². The van der Waals surface area contributed by atoms with Gasteiger partial charge in [0, 0.05) is 0 Å². The Bertz CT molecular complexity index is 298. The zero-order chi connectivity index (χ0) is 12.7. The molecule has 0 saturated heterocycles. The molecule has 0 aliphatic heterocycles. The first kappa shape index (κ1) is 19.4. The van der Waals surface area contributed by atoms with E-state index in [-0.39, 0.29) is 63.9 Å². The monoisotopic (exact) mass is 265 g/mol. The predicted octanol–water partition coefficient (Wildman–Crippen LogP) is -2.89. The molecule has 0 spiro atoms. The summed E-state index contributed by atoms with van der Waals surface area (Å²) in [4.78, 5) is 22.2. The van der Waals surface area contributed by atoms with E-state index in [9.17, 15) is 14.7 Å². The molecule has 0 amide bonds. The fraction of sp³-hybridized carbons (Fsp3) is 0.727. The number of carboxylic acid groups (broad SMARTS) is 1. The Kier molecular flexibility index (Phi) is 11.5. The van der Waals surface area contributed by atoms with Crippen LogP contribution in [-0.4, -0.2) is 18.5 Å². The van der Waals surface area contributed by atoms with Crippen molar-refractivity contribution in [2.45, 2.75) is 27.2 Å². The molecule has 0 aliphatic carbocycles. The van der Waals surface area contributed by atoms with Crippen LogP contribution in [0.5, 0.6) is 0 Å². The predicted molar refractivity (Wildman–Crippen MR) is 53.7 cm³/mol. The maximum atomic E-state index is 11.4. The van der Waals surface area contributed by atoms with Crippen LogP contribution in [-0.2, 0) is 14.3 Å². The number of hydrogen-bond donors (Lipinski definition) is 0. The summed E-state index contributed by atoms with van der Waals surface area (Å²) >= 11 is 0. The molecule has 90 valence electrons. The van der Waals surface area contributed by atoms with E-state index in [0.717, 1.165) is 0 Å². The number of hydrogen-bond acceptors (Lipinski definition) is 5. The van der Waals surface area contributed by atoms with Gasteiger partial charge in [0.1, 0.15) is 5.92 Å². The van der Waals surface area contributed by atoms with Gasteiger partial charge in [-0.2, -0.15) is 5.26 Å². The van der Waals surface area contributed by atoms with E-state index in [1.165, 1.54) is 0 Å². The fourth-order valence-electron chi connectivity index (χ4n) is 1.43. The summed E-state index contributed by atoms with van der Waals surface area (Å²) in [5, 5.41) is 19.7. The van der Waals surface area contributed by atoms with Crippen LogP contribution in [0.15, 0.2) is 0 Å². The smallest absolute Gasteiger partial charge is 0.549 e. The van der Waals surface area contributed by atoms with E-state index in [1.807, 2.05) is 19.9 Å². The number of esters is 1. The maximum absolute atomic E-state index is 11.4. The van der Waals surface area contributed by atoms with Crippen LogP contribution in [0.4, 0.5) is 0 Å². The summed E-state index contributed by atoms with van der Waals surface area (Å²) in [5.41, 5.74) is 0. The molecule has 0 heterocycles. The summed E-state index contributed by atoms with van der Waals surface area (Å²) < 4.78 is 4.62. The molecule has 0 bridgehead atoms. The topological polar surface area (TPSA) is 90.2 Å². The third-order valence-corrected chi connectivity index (χ3v) is 2.09. The fourth-order valence-corrected chi connectivity index (χ4v) is 1.43. The van der Waals surface area contributed by atoms with Crippen molar-refractivity contribution in [1.82, 2.24) is 0 Å². The van der Waals surface area contributed by atoms with E-state index < -0.39 is 23.8 Å². The standard InChI is InChI=1S/C11H17NO4.K/c1-4-16-11(15)9(10(13)14)8(6-12)5-7(2)3;/h7-9H,4-5H2,1-3H3,(H,13,14);/q;+1/p-1/t8?,9-;/m0./s1. The first-order chi connectivity index (χ1) is 7.43. The van der Waals surface area contributed by atoms with Gasteiger partial charge in [-0.1, -0.05) is 13.8 Å². The molecule has 1 unspecified atom stereocenters. The Morgan fingerprint density at radius 3 is 2.24 bits per heavy atom. The molecule has 17 heavy (non-hydrogen) atoms.